The van der Waals surface area contributed by atoms with Gasteiger partial charge in [-0.2, -0.15) is 0 Å². The summed E-state index contributed by atoms with van der Waals surface area (Å²) >= 11 is 11.7. The van der Waals surface area contributed by atoms with Crippen molar-refractivity contribution in [1.29, 1.82) is 0 Å². The van der Waals surface area contributed by atoms with Crippen LogP contribution in [0.3, 0.4) is 0 Å². The van der Waals surface area contributed by atoms with Crippen LogP contribution in [0, 0.1) is 11.7 Å². The fourth-order valence-corrected chi connectivity index (χ4v) is 5.20. The summed E-state index contributed by atoms with van der Waals surface area (Å²) in [4.78, 5) is 15.5. The highest BCUT2D eigenvalue weighted by Crippen LogP contribution is 2.52. The highest BCUT2D eigenvalue weighted by atomic mass is 35.5. The van der Waals surface area contributed by atoms with E-state index in [1.165, 1.54) is 12.1 Å². The number of thiocarbonyl (C=S) groups is 1. The Kier molecular flexibility index (Phi) is 5.58. The van der Waals surface area contributed by atoms with Gasteiger partial charge in [0.05, 0.1) is 13.2 Å². The minimum atomic E-state index is -1.25. The smallest absolute Gasteiger partial charge is 0.236 e. The number of hydrogen-bond donors (Lipinski definition) is 2. The second kappa shape index (κ2) is 8.45. The van der Waals surface area contributed by atoms with Crippen molar-refractivity contribution < 1.29 is 18.7 Å². The van der Waals surface area contributed by atoms with Crippen LogP contribution in [-0.4, -0.2) is 23.9 Å². The first-order valence-corrected chi connectivity index (χ1v) is 11.4. The predicted molar refractivity (Wildman–Crippen MR) is 133 cm³/mol. The number of fused-ring (bicyclic) bond motifs is 4. The van der Waals surface area contributed by atoms with Crippen LogP contribution in [0.1, 0.15) is 18.5 Å². The Morgan fingerprint density at radius 3 is 2.56 bits per heavy atom. The molecule has 0 spiro atoms. The molecule has 3 aromatic carbocycles. The van der Waals surface area contributed by atoms with E-state index in [4.69, 9.17) is 33.3 Å². The highest BCUT2D eigenvalue weighted by Gasteiger charge is 2.59. The van der Waals surface area contributed by atoms with E-state index in [2.05, 4.69) is 10.6 Å². The molecule has 6 nitrogen and oxygen atoms in total. The SMILES string of the molecule is COc1cccc2c1O[C@@]1(C)[C@H](C(=O)Nc3ccc(Cl)cc3)[C@@H]2NC(=S)N1c1ccc(F)cc1. The van der Waals surface area contributed by atoms with Crippen molar-refractivity contribution in [3.8, 4) is 11.5 Å². The molecular formula is C25H21ClFN3O3S. The molecule has 5 rings (SSSR count). The number of anilines is 2. The molecule has 2 N–H and O–H groups in total. The number of amides is 1. The van der Waals surface area contributed by atoms with E-state index >= 15 is 0 Å². The fourth-order valence-electron chi connectivity index (χ4n) is 4.66. The number of carbonyl (C=O) groups is 1. The van der Waals surface area contributed by atoms with Gasteiger partial charge in [-0.1, -0.05) is 23.7 Å². The van der Waals surface area contributed by atoms with Gasteiger partial charge in [0.15, 0.2) is 22.3 Å². The number of para-hydroxylation sites is 1. The van der Waals surface area contributed by atoms with Crippen molar-refractivity contribution in [2.24, 2.45) is 5.92 Å². The third-order valence-corrected chi connectivity index (χ3v) is 6.74. The summed E-state index contributed by atoms with van der Waals surface area (Å²) in [6, 6.07) is 17.8. The number of nitrogens with one attached hydrogen (secondary N) is 2. The highest BCUT2D eigenvalue weighted by molar-refractivity contribution is 7.80. The summed E-state index contributed by atoms with van der Waals surface area (Å²) in [6.45, 7) is 1.80. The van der Waals surface area contributed by atoms with Crippen molar-refractivity contribution in [3.05, 3.63) is 83.1 Å². The van der Waals surface area contributed by atoms with Gasteiger partial charge >= 0.3 is 0 Å². The summed E-state index contributed by atoms with van der Waals surface area (Å²) in [5.74, 6) is -0.324. The standard InChI is InChI=1S/C25H21ClFN3O3S/c1-25-20(23(31)28-16-10-6-14(26)7-11-16)21(18-4-3-5-19(32-2)22(18)33-25)29-24(34)30(25)17-12-8-15(27)9-13-17/h3-13,20-21H,1-2H3,(H,28,31)(H,29,34)/t20-,21+,25-/m0/s1. The number of ether oxygens (including phenoxy) is 2. The lowest BCUT2D eigenvalue weighted by Gasteiger charge is -2.56. The molecule has 0 aromatic heterocycles. The summed E-state index contributed by atoms with van der Waals surface area (Å²) in [6.07, 6.45) is 0. The molecule has 0 radical (unpaired) electrons. The molecule has 0 saturated carbocycles. The normalized spacial score (nSPS) is 22.8. The third kappa shape index (κ3) is 3.63. The lowest BCUT2D eigenvalue weighted by molar-refractivity contribution is -0.130. The topological polar surface area (TPSA) is 62.8 Å². The maximum absolute atomic E-state index is 13.7. The number of carbonyl (C=O) groups excluding carboxylic acids is 1. The van der Waals surface area contributed by atoms with Crippen LogP contribution < -0.4 is 25.0 Å². The van der Waals surface area contributed by atoms with Crippen LogP contribution in [0.15, 0.2) is 66.7 Å². The van der Waals surface area contributed by atoms with Crippen molar-refractivity contribution in [2.75, 3.05) is 17.3 Å². The summed E-state index contributed by atoms with van der Waals surface area (Å²) in [5, 5.41) is 7.22. The molecule has 174 valence electrons. The van der Waals surface area contributed by atoms with Crippen molar-refractivity contribution in [2.45, 2.75) is 18.7 Å². The van der Waals surface area contributed by atoms with Gasteiger partial charge < -0.3 is 20.1 Å². The molecule has 34 heavy (non-hydrogen) atoms. The molecule has 2 bridgehead atoms. The molecule has 1 amide bonds. The zero-order valence-electron chi connectivity index (χ0n) is 18.3. The van der Waals surface area contributed by atoms with E-state index in [0.29, 0.717) is 33.0 Å². The van der Waals surface area contributed by atoms with Crippen molar-refractivity contribution >= 4 is 46.2 Å². The monoisotopic (exact) mass is 497 g/mol. The van der Waals surface area contributed by atoms with E-state index in [1.807, 2.05) is 12.1 Å². The van der Waals surface area contributed by atoms with Crippen LogP contribution in [0.25, 0.3) is 0 Å². The van der Waals surface area contributed by atoms with E-state index in [0.717, 1.165) is 5.56 Å². The van der Waals surface area contributed by atoms with E-state index < -0.39 is 17.7 Å². The van der Waals surface area contributed by atoms with Crippen molar-refractivity contribution in [3.63, 3.8) is 0 Å². The molecule has 3 aromatic rings. The molecule has 2 aliphatic heterocycles. The van der Waals surface area contributed by atoms with Crippen LogP contribution >= 0.6 is 23.8 Å². The number of hydrogen-bond acceptors (Lipinski definition) is 4. The zero-order valence-corrected chi connectivity index (χ0v) is 19.9. The predicted octanol–water partition coefficient (Wildman–Crippen LogP) is 5.29. The molecular weight excluding hydrogens is 477 g/mol. The van der Waals surface area contributed by atoms with Gasteiger partial charge in [-0.05, 0) is 73.7 Å². The quantitative estimate of drug-likeness (QED) is 0.478. The first-order chi connectivity index (χ1) is 16.3. The van der Waals surface area contributed by atoms with Gasteiger partial charge in [0.25, 0.3) is 0 Å². The molecule has 2 aliphatic rings. The molecule has 9 heteroatoms. The van der Waals surface area contributed by atoms with E-state index in [9.17, 15) is 9.18 Å². The number of methoxy groups -OCH3 is 1. The Bertz CT molecular complexity index is 1270. The first-order valence-electron chi connectivity index (χ1n) is 10.6. The molecule has 0 aliphatic carbocycles. The number of benzene rings is 3. The van der Waals surface area contributed by atoms with Crippen LogP contribution in [0.4, 0.5) is 15.8 Å². The second-order valence-corrected chi connectivity index (χ2v) is 9.07. The summed E-state index contributed by atoms with van der Waals surface area (Å²) in [7, 11) is 1.56. The maximum atomic E-state index is 13.7. The molecule has 0 unspecified atom stereocenters. The average molecular weight is 498 g/mol. The molecule has 3 atom stereocenters. The minimum Gasteiger partial charge on any atom is -0.493 e. The zero-order chi connectivity index (χ0) is 24.0. The largest absolute Gasteiger partial charge is 0.493 e. The fraction of sp³-hybridized carbons (Fsp3) is 0.200. The average Bonchev–Trinajstić information content (AvgIpc) is 2.81. The summed E-state index contributed by atoms with van der Waals surface area (Å²) in [5.41, 5.74) is 0.697. The van der Waals surface area contributed by atoms with Gasteiger partial charge in [-0.15, -0.1) is 0 Å². The minimum absolute atomic E-state index is 0.273. The Morgan fingerprint density at radius 1 is 1.18 bits per heavy atom. The van der Waals surface area contributed by atoms with Gasteiger partial charge in [-0.25, -0.2) is 4.39 Å². The third-order valence-electron chi connectivity index (χ3n) is 6.19. The summed E-state index contributed by atoms with van der Waals surface area (Å²) < 4.78 is 25.8. The molecule has 1 saturated heterocycles. The molecule has 2 heterocycles. The van der Waals surface area contributed by atoms with Gasteiger partial charge in [0.1, 0.15) is 11.7 Å². The van der Waals surface area contributed by atoms with E-state index in [1.54, 1.807) is 61.4 Å². The Hall–Kier alpha value is -3.36. The lowest BCUT2D eigenvalue weighted by atomic mass is 9.78. The first kappa shape index (κ1) is 22.4. The molecule has 1 fully saturated rings. The lowest BCUT2D eigenvalue weighted by Crippen LogP contribution is -2.72. The van der Waals surface area contributed by atoms with Crippen molar-refractivity contribution in [1.82, 2.24) is 5.32 Å². The number of nitrogens with zero attached hydrogens (tertiary/aromatic N) is 1. The van der Waals surface area contributed by atoms with Gasteiger partial charge in [0.2, 0.25) is 5.91 Å². The Balaban J connectivity index is 1.64. The van der Waals surface area contributed by atoms with E-state index in [-0.39, 0.29) is 11.7 Å². The Morgan fingerprint density at radius 2 is 1.88 bits per heavy atom. The Labute approximate surface area is 206 Å². The number of halogens is 2. The van der Waals surface area contributed by atoms with Crippen LogP contribution in [0.5, 0.6) is 11.5 Å². The number of rotatable bonds is 4. The van der Waals surface area contributed by atoms with Crippen LogP contribution in [0.2, 0.25) is 5.02 Å². The van der Waals surface area contributed by atoms with Gasteiger partial charge in [0, 0.05) is 22.0 Å². The second-order valence-electron chi connectivity index (χ2n) is 8.25. The maximum Gasteiger partial charge on any atom is 0.236 e. The van der Waals surface area contributed by atoms with Crippen LogP contribution in [-0.2, 0) is 4.79 Å². The van der Waals surface area contributed by atoms with Gasteiger partial charge in [-0.3, -0.25) is 9.69 Å².